The summed E-state index contributed by atoms with van der Waals surface area (Å²) in [4.78, 5) is 11.3. The van der Waals surface area contributed by atoms with Gasteiger partial charge in [-0.2, -0.15) is 0 Å². The van der Waals surface area contributed by atoms with E-state index in [1.54, 1.807) is 23.7 Å². The number of thiophene rings is 1. The molecule has 0 saturated heterocycles. The molecule has 1 atom stereocenters. The minimum atomic E-state index is -0.378. The van der Waals surface area contributed by atoms with Crippen molar-refractivity contribution in [1.29, 1.82) is 0 Å². The number of aryl methyl sites for hydroxylation is 1. The van der Waals surface area contributed by atoms with E-state index in [9.17, 15) is 4.39 Å². The van der Waals surface area contributed by atoms with Crippen LogP contribution in [-0.4, -0.2) is 15.1 Å². The molecule has 0 bridgehead atoms. The summed E-state index contributed by atoms with van der Waals surface area (Å²) in [6.07, 6.45) is 4.97. The summed E-state index contributed by atoms with van der Waals surface area (Å²) >= 11 is 1.77. The van der Waals surface area contributed by atoms with E-state index in [2.05, 4.69) is 22.2 Å². The van der Waals surface area contributed by atoms with Crippen molar-refractivity contribution in [2.24, 2.45) is 5.92 Å². The zero-order valence-corrected chi connectivity index (χ0v) is 14.9. The van der Waals surface area contributed by atoms with E-state index in [1.165, 1.54) is 22.9 Å². The maximum absolute atomic E-state index is 13.8. The molecule has 0 fully saturated rings. The van der Waals surface area contributed by atoms with E-state index in [4.69, 9.17) is 5.11 Å². The highest BCUT2D eigenvalue weighted by Crippen LogP contribution is 2.39. The smallest absolute Gasteiger partial charge is 0.138 e. The fraction of sp³-hybridized carbons (Fsp3) is 0.368. The second-order valence-corrected chi connectivity index (χ2v) is 7.78. The molecule has 1 aliphatic rings. The Morgan fingerprint density at radius 3 is 3.04 bits per heavy atom. The topological polar surface area (TPSA) is 58.0 Å². The zero-order chi connectivity index (χ0) is 17.4. The third-order valence-corrected chi connectivity index (χ3v) is 6.00. The van der Waals surface area contributed by atoms with Crippen LogP contribution >= 0.6 is 11.3 Å². The predicted molar refractivity (Wildman–Crippen MR) is 98.3 cm³/mol. The van der Waals surface area contributed by atoms with Crippen LogP contribution in [0.5, 0.6) is 0 Å². The molecule has 4 rings (SSSR count). The molecule has 0 saturated carbocycles. The van der Waals surface area contributed by atoms with Gasteiger partial charge in [-0.25, -0.2) is 14.4 Å². The zero-order valence-electron chi connectivity index (χ0n) is 14.1. The first-order valence-corrected chi connectivity index (χ1v) is 9.34. The van der Waals surface area contributed by atoms with Gasteiger partial charge in [-0.15, -0.1) is 11.3 Å². The first-order valence-electron chi connectivity index (χ1n) is 8.53. The summed E-state index contributed by atoms with van der Waals surface area (Å²) in [7, 11) is 0. The molecule has 0 aliphatic heterocycles. The summed E-state index contributed by atoms with van der Waals surface area (Å²) in [5.41, 5.74) is 2.51. The molecule has 6 heteroatoms. The van der Waals surface area contributed by atoms with E-state index in [0.29, 0.717) is 12.1 Å². The minimum absolute atomic E-state index is 0.286. The van der Waals surface area contributed by atoms with Gasteiger partial charge in [0.2, 0.25) is 0 Å². The van der Waals surface area contributed by atoms with E-state index in [-0.39, 0.29) is 12.4 Å². The largest absolute Gasteiger partial charge is 0.392 e. The number of rotatable bonds is 4. The number of aliphatic hydroxyl groups excluding tert-OH is 1. The average Bonchev–Trinajstić information content (AvgIpc) is 2.98. The lowest BCUT2D eigenvalue weighted by Crippen LogP contribution is -2.09. The quantitative estimate of drug-likeness (QED) is 0.739. The van der Waals surface area contributed by atoms with Crippen molar-refractivity contribution < 1.29 is 9.50 Å². The third-order valence-electron chi connectivity index (χ3n) is 4.84. The summed E-state index contributed by atoms with van der Waals surface area (Å²) in [5, 5.41) is 13.5. The number of aromatic nitrogens is 2. The van der Waals surface area contributed by atoms with Crippen LogP contribution in [0.3, 0.4) is 0 Å². The van der Waals surface area contributed by atoms with Gasteiger partial charge < -0.3 is 10.4 Å². The summed E-state index contributed by atoms with van der Waals surface area (Å²) in [6.45, 7) is 2.49. The molecule has 0 amide bonds. The van der Waals surface area contributed by atoms with Crippen LogP contribution in [0.15, 0.2) is 24.5 Å². The Kier molecular flexibility index (Phi) is 4.39. The van der Waals surface area contributed by atoms with Gasteiger partial charge in [0.15, 0.2) is 0 Å². The van der Waals surface area contributed by atoms with Gasteiger partial charge in [0.05, 0.1) is 12.0 Å². The molecule has 2 heterocycles. The second-order valence-electron chi connectivity index (χ2n) is 6.69. The van der Waals surface area contributed by atoms with Gasteiger partial charge in [-0.05, 0) is 42.4 Å². The van der Waals surface area contributed by atoms with Crippen molar-refractivity contribution in [2.45, 2.75) is 39.3 Å². The Morgan fingerprint density at radius 1 is 1.36 bits per heavy atom. The van der Waals surface area contributed by atoms with E-state index in [1.807, 2.05) is 6.07 Å². The predicted octanol–water partition coefficient (Wildman–Crippen LogP) is 4.06. The van der Waals surface area contributed by atoms with E-state index in [0.717, 1.165) is 40.4 Å². The number of nitrogens with one attached hydrogen (secondary N) is 1. The van der Waals surface area contributed by atoms with Crippen molar-refractivity contribution in [3.05, 3.63) is 51.9 Å². The van der Waals surface area contributed by atoms with Crippen LogP contribution in [0.25, 0.3) is 10.2 Å². The van der Waals surface area contributed by atoms with Crippen molar-refractivity contribution in [2.75, 3.05) is 5.32 Å². The molecule has 2 aromatic heterocycles. The van der Waals surface area contributed by atoms with Gasteiger partial charge in [0.25, 0.3) is 0 Å². The molecule has 4 nitrogen and oxygen atoms in total. The number of hydrogen-bond acceptors (Lipinski definition) is 5. The molecule has 130 valence electrons. The van der Waals surface area contributed by atoms with Crippen molar-refractivity contribution >= 4 is 27.4 Å². The van der Waals surface area contributed by atoms with Gasteiger partial charge in [0.1, 0.15) is 22.8 Å². The molecule has 0 radical (unpaired) electrons. The SMILES string of the molecule is CC1CCc2c(sc3ncnc(NCc4ccc(CO)c(F)c4)c23)C1. The van der Waals surface area contributed by atoms with E-state index < -0.39 is 0 Å². The third kappa shape index (κ3) is 3.12. The van der Waals surface area contributed by atoms with Crippen LogP contribution in [0, 0.1) is 11.7 Å². The van der Waals surface area contributed by atoms with Crippen LogP contribution < -0.4 is 5.32 Å². The number of benzene rings is 1. The van der Waals surface area contributed by atoms with Gasteiger partial charge in [0, 0.05) is 17.0 Å². The first-order chi connectivity index (χ1) is 12.2. The first kappa shape index (κ1) is 16.4. The molecule has 2 N–H and O–H groups in total. The fourth-order valence-electron chi connectivity index (χ4n) is 3.42. The van der Waals surface area contributed by atoms with Gasteiger partial charge in [-0.3, -0.25) is 0 Å². The molecular formula is C19H20FN3OS. The monoisotopic (exact) mass is 357 g/mol. The molecule has 1 aromatic carbocycles. The highest BCUT2D eigenvalue weighted by molar-refractivity contribution is 7.19. The highest BCUT2D eigenvalue weighted by atomic mass is 32.1. The molecule has 3 aromatic rings. The maximum atomic E-state index is 13.8. The number of aliphatic hydroxyl groups is 1. The van der Waals surface area contributed by atoms with Crippen molar-refractivity contribution in [3.8, 4) is 0 Å². The molecule has 25 heavy (non-hydrogen) atoms. The number of anilines is 1. The number of fused-ring (bicyclic) bond motifs is 3. The Bertz CT molecular complexity index is 924. The van der Waals surface area contributed by atoms with Gasteiger partial charge in [-0.1, -0.05) is 19.1 Å². The number of nitrogens with zero attached hydrogens (tertiary/aromatic N) is 2. The fourth-order valence-corrected chi connectivity index (χ4v) is 4.77. The highest BCUT2D eigenvalue weighted by Gasteiger charge is 2.22. The molecule has 1 unspecified atom stereocenters. The Hall–Kier alpha value is -2.05. The maximum Gasteiger partial charge on any atom is 0.138 e. The summed E-state index contributed by atoms with van der Waals surface area (Å²) in [6, 6.07) is 4.91. The van der Waals surface area contributed by atoms with Crippen molar-refractivity contribution in [1.82, 2.24) is 9.97 Å². The van der Waals surface area contributed by atoms with Crippen LogP contribution in [-0.2, 0) is 26.0 Å². The minimum Gasteiger partial charge on any atom is -0.392 e. The van der Waals surface area contributed by atoms with Crippen LogP contribution in [0.2, 0.25) is 0 Å². The Balaban J connectivity index is 1.62. The molecular weight excluding hydrogens is 337 g/mol. The standard InChI is InChI=1S/C19H20FN3OS/c1-11-2-5-14-16(6-11)25-19-17(14)18(22-10-23-19)21-8-12-3-4-13(9-24)15(20)7-12/h3-4,7,10-11,24H,2,5-6,8-9H2,1H3,(H,21,22,23). The van der Waals surface area contributed by atoms with Crippen LogP contribution in [0.4, 0.5) is 10.2 Å². The second kappa shape index (κ2) is 6.69. The molecule has 0 spiro atoms. The number of hydrogen-bond donors (Lipinski definition) is 2. The lowest BCUT2D eigenvalue weighted by atomic mass is 9.89. The van der Waals surface area contributed by atoms with Gasteiger partial charge >= 0.3 is 0 Å². The van der Waals surface area contributed by atoms with E-state index >= 15 is 0 Å². The Morgan fingerprint density at radius 2 is 2.24 bits per heavy atom. The van der Waals surface area contributed by atoms with Crippen LogP contribution in [0.1, 0.15) is 34.9 Å². The van der Waals surface area contributed by atoms with Crippen molar-refractivity contribution in [3.63, 3.8) is 0 Å². The summed E-state index contributed by atoms with van der Waals surface area (Å²) < 4.78 is 13.8. The lowest BCUT2D eigenvalue weighted by molar-refractivity contribution is 0.275. The average molecular weight is 357 g/mol. The lowest BCUT2D eigenvalue weighted by Gasteiger charge is -2.18. The number of halogens is 1. The normalized spacial score (nSPS) is 16.8. The Labute approximate surface area is 149 Å². The molecule has 1 aliphatic carbocycles. The summed E-state index contributed by atoms with van der Waals surface area (Å²) in [5.74, 6) is 1.16.